The third-order valence-electron chi connectivity index (χ3n) is 14.3. The van der Waals surface area contributed by atoms with Crippen molar-refractivity contribution in [3.8, 4) is 44.5 Å². The maximum atomic E-state index is 4.72. The fraction of sp³-hybridized carbons (Fsp3) is 0.222. The zero-order valence-electron chi connectivity index (χ0n) is 56.6. The van der Waals surface area contributed by atoms with Gasteiger partial charge in [-0.3, -0.25) is 0 Å². The SMILES string of the molecule is Cc1cc(C)c(-c2ccccc2C)c(C)c1.Cc1cc(C)cc(-c2ccccc2C)c1.Cc1ccc(-c2ccccc2C)c(C)c1.Cc1ccccc1-c1c(C)cccc1C.Cc1ccno1.Cc1ccon1.Cc1cnco1.Cc1cocn1.Cc1ncco1. The predicted octanol–water partition coefficient (Wildman–Crippen LogP) is 22.3. The van der Waals surface area contributed by atoms with Gasteiger partial charge in [0.2, 0.25) is 0 Å². The summed E-state index contributed by atoms with van der Waals surface area (Å²) >= 11 is 0. The lowest BCUT2D eigenvalue weighted by molar-refractivity contribution is 0.397. The fourth-order valence-corrected chi connectivity index (χ4v) is 9.97. The first-order valence-electron chi connectivity index (χ1n) is 30.5. The van der Waals surface area contributed by atoms with Gasteiger partial charge in [0.1, 0.15) is 30.3 Å². The van der Waals surface area contributed by atoms with Gasteiger partial charge in [0, 0.05) is 19.1 Å². The van der Waals surface area contributed by atoms with E-state index in [-0.39, 0.29) is 0 Å². The van der Waals surface area contributed by atoms with E-state index >= 15 is 0 Å². The molecule has 0 N–H and O–H groups in total. The molecule has 10 heteroatoms. The van der Waals surface area contributed by atoms with Crippen LogP contribution in [0.1, 0.15) is 101 Å². The minimum atomic E-state index is 0.718. The van der Waals surface area contributed by atoms with Crippen molar-refractivity contribution in [2.45, 2.75) is 125 Å². The van der Waals surface area contributed by atoms with Crippen LogP contribution in [0.15, 0.2) is 248 Å². The Balaban J connectivity index is 0.000000192. The second-order valence-electron chi connectivity index (χ2n) is 22.6. The number of rotatable bonds is 4. The lowest BCUT2D eigenvalue weighted by Gasteiger charge is -2.13. The van der Waals surface area contributed by atoms with Crippen LogP contribution in [-0.2, 0) is 0 Å². The Morgan fingerprint density at radius 3 is 1.16 bits per heavy atom. The largest absolute Gasteiger partial charge is 0.452 e. The van der Waals surface area contributed by atoms with Crippen LogP contribution < -0.4 is 0 Å². The molecule has 0 bridgehead atoms. The van der Waals surface area contributed by atoms with E-state index in [1.54, 1.807) is 56.4 Å². The van der Waals surface area contributed by atoms with Crippen molar-refractivity contribution >= 4 is 0 Å². The smallest absolute Gasteiger partial charge is 0.190 e. The van der Waals surface area contributed by atoms with Gasteiger partial charge in [0.15, 0.2) is 18.7 Å². The van der Waals surface area contributed by atoms with Gasteiger partial charge in [-0.15, -0.1) is 0 Å². The first kappa shape index (κ1) is 71.6. The fourth-order valence-electron chi connectivity index (χ4n) is 9.97. The molecule has 0 atom stereocenters. The molecule has 13 rings (SSSR count). The van der Waals surface area contributed by atoms with E-state index in [4.69, 9.17) is 8.83 Å². The average Bonchev–Trinajstić information content (AvgIpc) is 2.01. The number of oxazole rings is 3. The summed E-state index contributed by atoms with van der Waals surface area (Å²) in [7, 11) is 0. The molecule has 91 heavy (non-hydrogen) atoms. The summed E-state index contributed by atoms with van der Waals surface area (Å²) in [5.74, 6) is 2.43. The zero-order valence-corrected chi connectivity index (χ0v) is 56.6. The van der Waals surface area contributed by atoms with E-state index in [9.17, 15) is 0 Å². The first-order valence-corrected chi connectivity index (χ1v) is 30.5. The second kappa shape index (κ2) is 37.6. The molecule has 5 aromatic heterocycles. The number of aryl methyl sites for hydroxylation is 18. The van der Waals surface area contributed by atoms with Crippen LogP contribution in [-0.4, -0.2) is 25.3 Å². The molecule has 0 amide bonds. The first-order chi connectivity index (χ1) is 43.6. The number of benzene rings is 8. The summed E-state index contributed by atoms with van der Waals surface area (Å²) in [6.07, 6.45) is 12.4. The molecule has 10 nitrogen and oxygen atoms in total. The maximum absolute atomic E-state index is 4.72. The van der Waals surface area contributed by atoms with Gasteiger partial charge in [-0.05, 0) is 212 Å². The van der Waals surface area contributed by atoms with Gasteiger partial charge >= 0.3 is 0 Å². The minimum Gasteiger partial charge on any atom is -0.452 e. The lowest BCUT2D eigenvalue weighted by Crippen LogP contribution is -1.91. The van der Waals surface area contributed by atoms with E-state index in [0.29, 0.717) is 0 Å². The molecule has 0 fully saturated rings. The Morgan fingerprint density at radius 1 is 0.330 bits per heavy atom. The minimum absolute atomic E-state index is 0.718. The lowest BCUT2D eigenvalue weighted by atomic mass is 9.91. The van der Waals surface area contributed by atoms with E-state index < -0.39 is 0 Å². The van der Waals surface area contributed by atoms with Crippen molar-refractivity contribution in [1.82, 2.24) is 25.3 Å². The van der Waals surface area contributed by atoms with Crippen LogP contribution >= 0.6 is 0 Å². The normalized spacial score (nSPS) is 9.87. The van der Waals surface area contributed by atoms with Crippen molar-refractivity contribution in [3.05, 3.63) is 327 Å². The Morgan fingerprint density at radius 2 is 0.824 bits per heavy atom. The van der Waals surface area contributed by atoms with Crippen molar-refractivity contribution in [2.24, 2.45) is 0 Å². The molecule has 5 heterocycles. The summed E-state index contributed by atoms with van der Waals surface area (Å²) in [4.78, 5) is 11.2. The van der Waals surface area contributed by atoms with Crippen LogP contribution in [0.2, 0.25) is 0 Å². The number of aromatic nitrogens is 5. The van der Waals surface area contributed by atoms with E-state index in [1.807, 2.05) is 27.7 Å². The number of nitrogens with zero attached hydrogens (tertiary/aromatic N) is 5. The summed E-state index contributed by atoms with van der Waals surface area (Å²) in [5.41, 5.74) is 30.2. The molecule has 0 aliphatic carbocycles. The van der Waals surface area contributed by atoms with Crippen LogP contribution in [0.4, 0.5) is 0 Å². The van der Waals surface area contributed by atoms with E-state index in [2.05, 4.69) is 293 Å². The summed E-state index contributed by atoms with van der Waals surface area (Å²) in [5, 5.41) is 6.99. The van der Waals surface area contributed by atoms with Crippen LogP contribution in [0.3, 0.4) is 0 Å². The standard InChI is InChI=1S/C16H18.3C15H16.5C4H5NO/c1-11-9-13(3)16(14(4)10-11)15-8-6-5-7-12(15)2;1-11-7-4-5-10-14(11)15-12(2)8-6-9-13(15)3;1-11-8-12(2)10-14(9-11)15-7-5-4-6-13(15)3;1-11-8-9-15(13(3)10-11)14-7-5-4-6-12(14)2;1-4-2-6-3-5-4;1-4-2-5-3-6-4;1-4-5-2-3-6-4;1-4-2-3-6-5-4;1-4-2-3-5-6-4/h5-10H,1-4H3;3*4-10H,1-3H3;5*2-3H,1H3. The number of hydrogen-bond donors (Lipinski definition) is 0. The molecule has 0 spiro atoms. The molecule has 0 saturated carbocycles. The van der Waals surface area contributed by atoms with Gasteiger partial charge in [-0.1, -0.05) is 196 Å². The Bertz CT molecular complexity index is 3890. The highest BCUT2D eigenvalue weighted by atomic mass is 16.5. The molecular weight excluding hydrogens is 1120 g/mol. The Kier molecular flexibility index (Phi) is 29.6. The average molecular weight is 1210 g/mol. The van der Waals surface area contributed by atoms with Crippen LogP contribution in [0.25, 0.3) is 44.5 Å². The van der Waals surface area contributed by atoms with Gasteiger partial charge in [0.25, 0.3) is 0 Å². The van der Waals surface area contributed by atoms with Gasteiger partial charge in [0.05, 0.1) is 30.0 Å². The topological polar surface area (TPSA) is 130 Å². The molecule has 470 valence electrons. The zero-order chi connectivity index (χ0) is 66.2. The van der Waals surface area contributed by atoms with Gasteiger partial charge < -0.3 is 22.3 Å². The highest BCUT2D eigenvalue weighted by molar-refractivity contribution is 5.75. The molecule has 0 saturated heterocycles. The molecule has 0 aliphatic heterocycles. The Hall–Kier alpha value is -10.2. The monoisotopic (exact) mass is 1210 g/mol. The van der Waals surface area contributed by atoms with Crippen molar-refractivity contribution in [1.29, 1.82) is 0 Å². The third-order valence-corrected chi connectivity index (χ3v) is 14.3. The molecule has 0 radical (unpaired) electrons. The number of hydrogen-bond acceptors (Lipinski definition) is 10. The highest BCUT2D eigenvalue weighted by Crippen LogP contribution is 2.32. The molecule has 8 aromatic carbocycles. The van der Waals surface area contributed by atoms with Crippen LogP contribution in [0.5, 0.6) is 0 Å². The van der Waals surface area contributed by atoms with Gasteiger partial charge in [-0.25, -0.2) is 15.0 Å². The summed E-state index contributed by atoms with van der Waals surface area (Å²) < 4.78 is 23.1. The van der Waals surface area contributed by atoms with Crippen molar-refractivity contribution in [3.63, 3.8) is 0 Å². The molecular formula is C81H91N5O5. The Labute approximate surface area is 541 Å². The van der Waals surface area contributed by atoms with Crippen LogP contribution in [0, 0.1) is 125 Å². The summed E-state index contributed by atoms with van der Waals surface area (Å²) in [6.45, 7) is 37.4. The molecule has 13 aromatic rings. The van der Waals surface area contributed by atoms with Crippen molar-refractivity contribution in [2.75, 3.05) is 0 Å². The third kappa shape index (κ3) is 24.7. The maximum Gasteiger partial charge on any atom is 0.190 e. The molecule has 0 aliphatic rings. The van der Waals surface area contributed by atoms with E-state index in [0.717, 1.165) is 28.8 Å². The highest BCUT2D eigenvalue weighted by Gasteiger charge is 2.10. The predicted molar refractivity (Wildman–Crippen MR) is 375 cm³/mol. The van der Waals surface area contributed by atoms with Crippen molar-refractivity contribution < 1.29 is 22.3 Å². The second-order valence-corrected chi connectivity index (χ2v) is 22.6. The molecule has 0 unspecified atom stereocenters. The van der Waals surface area contributed by atoms with Gasteiger partial charge in [-0.2, -0.15) is 0 Å². The quantitative estimate of drug-likeness (QED) is 0.168. The van der Waals surface area contributed by atoms with E-state index in [1.165, 1.54) is 130 Å². The summed E-state index contributed by atoms with van der Waals surface area (Å²) in [6, 6.07) is 62.1.